The molecule has 0 saturated carbocycles. The quantitative estimate of drug-likeness (QED) is 0.351. The van der Waals surface area contributed by atoms with Crippen molar-refractivity contribution in [2.75, 3.05) is 26.2 Å². The normalized spacial score (nSPS) is 21.4. The molecular formula is C32H38ClN5O3. The molecule has 2 saturated heterocycles. The molecule has 0 bridgehead atoms. The van der Waals surface area contributed by atoms with Crippen LogP contribution in [0.5, 0.6) is 0 Å². The molecule has 2 aromatic heterocycles. The molecule has 8 nitrogen and oxygen atoms in total. The van der Waals surface area contributed by atoms with Crippen molar-refractivity contribution in [2.24, 2.45) is 0 Å². The highest BCUT2D eigenvalue weighted by Crippen LogP contribution is 2.29. The summed E-state index contributed by atoms with van der Waals surface area (Å²) in [4.78, 5) is 20.5. The number of fused-ring (bicyclic) bond motifs is 1. The fraction of sp³-hybridized carbons (Fsp3) is 0.438. The van der Waals surface area contributed by atoms with Crippen LogP contribution in [0.2, 0.25) is 5.15 Å². The summed E-state index contributed by atoms with van der Waals surface area (Å²) >= 11 is 6.68. The van der Waals surface area contributed by atoms with Crippen molar-refractivity contribution in [2.45, 2.75) is 64.4 Å². The zero-order valence-electron chi connectivity index (χ0n) is 23.9. The van der Waals surface area contributed by atoms with Crippen LogP contribution >= 0.6 is 11.6 Å². The van der Waals surface area contributed by atoms with E-state index in [9.17, 15) is 9.90 Å². The molecule has 2 aliphatic rings. The first-order valence-electron chi connectivity index (χ1n) is 14.4. The number of piperidine rings is 1. The molecule has 0 radical (unpaired) electrons. The predicted octanol–water partition coefficient (Wildman–Crippen LogP) is 4.53. The molecule has 0 unspecified atom stereocenters. The van der Waals surface area contributed by atoms with Crippen LogP contribution in [0.4, 0.5) is 0 Å². The van der Waals surface area contributed by atoms with Crippen molar-refractivity contribution >= 4 is 22.6 Å². The Morgan fingerprint density at radius 1 is 1.12 bits per heavy atom. The van der Waals surface area contributed by atoms with E-state index in [0.717, 1.165) is 37.4 Å². The van der Waals surface area contributed by atoms with Crippen LogP contribution in [-0.4, -0.2) is 62.1 Å². The number of benzene rings is 2. The van der Waals surface area contributed by atoms with E-state index < -0.39 is 5.60 Å². The lowest BCUT2D eigenvalue weighted by molar-refractivity contribution is -0.0364. The number of ether oxygens (including phenoxy) is 1. The van der Waals surface area contributed by atoms with Gasteiger partial charge in [0.25, 0.3) is 5.56 Å². The van der Waals surface area contributed by atoms with E-state index in [4.69, 9.17) is 16.3 Å². The number of likely N-dealkylation sites (tertiary alicyclic amines) is 1. The largest absolute Gasteiger partial charge is 0.388 e. The number of morpholine rings is 1. The topological polar surface area (TPSA) is 84.6 Å². The molecule has 2 N–H and O–H groups in total. The monoisotopic (exact) mass is 575 g/mol. The molecule has 216 valence electrons. The average molecular weight is 576 g/mol. The van der Waals surface area contributed by atoms with Crippen molar-refractivity contribution in [3.63, 3.8) is 0 Å². The molecule has 41 heavy (non-hydrogen) atoms. The lowest BCUT2D eigenvalue weighted by Crippen LogP contribution is -2.47. The molecule has 2 fully saturated rings. The Morgan fingerprint density at radius 2 is 1.88 bits per heavy atom. The predicted molar refractivity (Wildman–Crippen MR) is 162 cm³/mol. The Morgan fingerprint density at radius 3 is 2.56 bits per heavy atom. The Hall–Kier alpha value is -3.01. The summed E-state index contributed by atoms with van der Waals surface area (Å²) in [5.41, 5.74) is 5.01. The summed E-state index contributed by atoms with van der Waals surface area (Å²) in [6.45, 7) is 10.3. The maximum Gasteiger partial charge on any atom is 0.262 e. The van der Waals surface area contributed by atoms with Gasteiger partial charge in [0.1, 0.15) is 11.5 Å². The van der Waals surface area contributed by atoms with Crippen molar-refractivity contribution < 1.29 is 9.84 Å². The highest BCUT2D eigenvalue weighted by Gasteiger charge is 2.33. The molecule has 0 spiro atoms. The molecule has 2 atom stereocenters. The summed E-state index contributed by atoms with van der Waals surface area (Å²) in [7, 11) is 0. The lowest BCUT2D eigenvalue weighted by atomic mass is 9.91. The fourth-order valence-electron chi connectivity index (χ4n) is 6.07. The minimum Gasteiger partial charge on any atom is -0.388 e. The summed E-state index contributed by atoms with van der Waals surface area (Å²) in [6, 6.07) is 16.6. The van der Waals surface area contributed by atoms with Crippen LogP contribution in [-0.2, 0) is 17.8 Å². The number of aromatic nitrogens is 3. The standard InChI is InChI=1S/C32H38ClN5O3/c1-21-4-6-24(7-5-21)17-36-12-10-32(40,11-13-36)19-37-20-35-30-27(31(37)39)15-29(33)38(30)25-8-9-26(22(2)14-25)28-18-41-23(3)16-34-28/h4-9,14-15,20,23,28,34,40H,10-13,16-19H2,1-3H3/t23-,28-/m1/s1. The van der Waals surface area contributed by atoms with E-state index in [0.29, 0.717) is 35.6 Å². The number of rotatable bonds is 6. The van der Waals surface area contributed by atoms with E-state index in [1.54, 1.807) is 12.4 Å². The van der Waals surface area contributed by atoms with Crippen LogP contribution < -0.4 is 10.9 Å². The number of nitrogens with zero attached hydrogens (tertiary/aromatic N) is 4. The van der Waals surface area contributed by atoms with Gasteiger partial charge in [0.15, 0.2) is 5.65 Å². The van der Waals surface area contributed by atoms with Crippen LogP contribution in [0.1, 0.15) is 48.1 Å². The first-order valence-corrected chi connectivity index (χ1v) is 14.8. The smallest absolute Gasteiger partial charge is 0.262 e. The van der Waals surface area contributed by atoms with Crippen molar-refractivity contribution in [3.8, 4) is 5.69 Å². The van der Waals surface area contributed by atoms with Gasteiger partial charge in [-0.2, -0.15) is 0 Å². The van der Waals surface area contributed by atoms with Crippen molar-refractivity contribution in [1.82, 2.24) is 24.3 Å². The minimum atomic E-state index is -0.961. The van der Waals surface area contributed by atoms with E-state index in [1.807, 2.05) is 10.6 Å². The zero-order valence-corrected chi connectivity index (χ0v) is 24.7. The second kappa shape index (κ2) is 11.3. The molecular weight excluding hydrogens is 538 g/mol. The van der Waals surface area contributed by atoms with Gasteiger partial charge in [-0.1, -0.05) is 47.5 Å². The first-order chi connectivity index (χ1) is 19.7. The van der Waals surface area contributed by atoms with E-state index in [-0.39, 0.29) is 24.2 Å². The molecule has 0 aliphatic carbocycles. The highest BCUT2D eigenvalue weighted by molar-refractivity contribution is 6.31. The highest BCUT2D eigenvalue weighted by atomic mass is 35.5. The zero-order chi connectivity index (χ0) is 28.7. The lowest BCUT2D eigenvalue weighted by Gasteiger charge is -2.38. The first kappa shape index (κ1) is 28.1. The van der Waals surface area contributed by atoms with E-state index in [1.165, 1.54) is 21.3 Å². The third kappa shape index (κ3) is 5.85. The molecule has 4 aromatic rings. The SMILES string of the molecule is Cc1ccc(CN2CCC(O)(Cn3cnc4c(cc(Cl)n4-c4ccc([C@H]5CO[C@H](C)CN5)c(C)c4)c3=O)CC2)cc1. The fourth-order valence-corrected chi connectivity index (χ4v) is 6.36. The van der Waals surface area contributed by atoms with Gasteiger partial charge in [-0.3, -0.25) is 18.8 Å². The van der Waals surface area contributed by atoms with E-state index in [2.05, 4.69) is 72.4 Å². The third-order valence-electron chi connectivity index (χ3n) is 8.60. The van der Waals surface area contributed by atoms with Gasteiger partial charge < -0.3 is 15.2 Å². The van der Waals surface area contributed by atoms with Crippen molar-refractivity contribution in [1.29, 1.82) is 0 Å². The minimum absolute atomic E-state index is 0.141. The third-order valence-corrected chi connectivity index (χ3v) is 8.88. The Kier molecular flexibility index (Phi) is 7.78. The molecule has 9 heteroatoms. The summed E-state index contributed by atoms with van der Waals surface area (Å²) < 4.78 is 9.18. The Balaban J connectivity index is 1.18. The van der Waals surface area contributed by atoms with Crippen LogP contribution in [0.25, 0.3) is 16.7 Å². The van der Waals surface area contributed by atoms with Gasteiger partial charge in [0.2, 0.25) is 0 Å². The molecule has 2 aliphatic heterocycles. The number of nitrogens with one attached hydrogen (secondary N) is 1. The van der Waals surface area contributed by atoms with Crippen LogP contribution in [0.3, 0.4) is 0 Å². The van der Waals surface area contributed by atoms with Crippen LogP contribution in [0.15, 0.2) is 59.7 Å². The van der Waals surface area contributed by atoms with Gasteiger partial charge in [0.05, 0.1) is 36.3 Å². The number of halogens is 1. The Labute approximate surface area is 245 Å². The van der Waals surface area contributed by atoms with Gasteiger partial charge in [-0.15, -0.1) is 0 Å². The van der Waals surface area contributed by atoms with Crippen molar-refractivity contribution in [3.05, 3.63) is 92.6 Å². The molecule has 2 aromatic carbocycles. The van der Waals surface area contributed by atoms with Gasteiger partial charge in [-0.05, 0) is 68.5 Å². The molecule has 0 amide bonds. The van der Waals surface area contributed by atoms with Gasteiger partial charge >= 0.3 is 0 Å². The molecule has 6 rings (SSSR count). The van der Waals surface area contributed by atoms with Crippen LogP contribution in [0, 0.1) is 13.8 Å². The average Bonchev–Trinajstić information content (AvgIpc) is 3.30. The maximum absolute atomic E-state index is 13.5. The summed E-state index contributed by atoms with van der Waals surface area (Å²) in [6.07, 6.45) is 2.94. The van der Waals surface area contributed by atoms with E-state index >= 15 is 0 Å². The number of hydrogen-bond acceptors (Lipinski definition) is 6. The molecule has 4 heterocycles. The number of hydrogen-bond donors (Lipinski definition) is 2. The maximum atomic E-state index is 13.5. The summed E-state index contributed by atoms with van der Waals surface area (Å²) in [5, 5.41) is 15.8. The van der Waals surface area contributed by atoms with Gasteiger partial charge in [0, 0.05) is 31.9 Å². The number of aryl methyl sites for hydroxylation is 2. The second-order valence-electron chi connectivity index (χ2n) is 11.8. The number of aliphatic hydroxyl groups is 1. The second-order valence-corrected chi connectivity index (χ2v) is 12.2. The summed E-state index contributed by atoms with van der Waals surface area (Å²) in [5.74, 6) is 0. The van der Waals surface area contributed by atoms with Gasteiger partial charge in [-0.25, -0.2) is 4.98 Å². The Bertz CT molecular complexity index is 1600.